The van der Waals surface area contributed by atoms with E-state index in [1.807, 2.05) is 40.5 Å². The smallest absolute Gasteiger partial charge is 0.237 e. The average molecular weight is 385 g/mol. The molecule has 26 heavy (non-hydrogen) atoms. The third-order valence-corrected chi connectivity index (χ3v) is 5.34. The van der Waals surface area contributed by atoms with Crippen molar-refractivity contribution in [1.29, 1.82) is 0 Å². The molecule has 0 aliphatic carbocycles. The van der Waals surface area contributed by atoms with E-state index in [1.165, 1.54) is 11.8 Å². The monoisotopic (exact) mass is 385 g/mol. The Morgan fingerprint density at radius 1 is 1.35 bits per heavy atom. The lowest BCUT2D eigenvalue weighted by atomic mass is 10.2. The number of thioether (sulfide) groups is 1. The molecule has 0 aromatic carbocycles. The Balaban J connectivity index is 1.54. The van der Waals surface area contributed by atoms with E-state index < -0.39 is 0 Å². The Bertz CT molecular complexity index is 1020. The summed E-state index contributed by atoms with van der Waals surface area (Å²) in [6, 6.07) is 3.85. The van der Waals surface area contributed by atoms with E-state index in [2.05, 4.69) is 26.9 Å². The van der Waals surface area contributed by atoms with Gasteiger partial charge in [0.2, 0.25) is 11.7 Å². The van der Waals surface area contributed by atoms with Gasteiger partial charge in [-0.15, -0.1) is 16.8 Å². The van der Waals surface area contributed by atoms with Crippen molar-refractivity contribution in [3.63, 3.8) is 0 Å². The van der Waals surface area contributed by atoms with Crippen LogP contribution in [0, 0.1) is 6.92 Å². The summed E-state index contributed by atoms with van der Waals surface area (Å²) in [6.07, 6.45) is 3.46. The summed E-state index contributed by atoms with van der Waals surface area (Å²) in [7, 11) is 0. The molecule has 4 heterocycles. The van der Waals surface area contributed by atoms with Gasteiger partial charge in [0.05, 0.1) is 17.6 Å². The molecule has 4 aromatic rings. The van der Waals surface area contributed by atoms with Crippen molar-refractivity contribution in [2.24, 2.45) is 0 Å². The largest absolute Gasteiger partial charge is 0.469 e. The molecule has 0 N–H and O–H groups in total. The van der Waals surface area contributed by atoms with E-state index in [4.69, 9.17) is 8.94 Å². The highest BCUT2D eigenvalue weighted by Gasteiger charge is 2.18. The number of hydrogen-bond donors (Lipinski definition) is 0. The van der Waals surface area contributed by atoms with E-state index in [0.717, 1.165) is 27.9 Å². The quantitative estimate of drug-likeness (QED) is 0.343. The van der Waals surface area contributed by atoms with Gasteiger partial charge < -0.3 is 8.94 Å². The maximum Gasteiger partial charge on any atom is 0.237 e. The molecule has 0 saturated heterocycles. The fourth-order valence-corrected chi connectivity index (χ4v) is 3.87. The van der Waals surface area contributed by atoms with Gasteiger partial charge in [-0.25, -0.2) is 0 Å². The number of rotatable bonds is 7. The van der Waals surface area contributed by atoms with Crippen LogP contribution in [0.15, 0.2) is 55.9 Å². The summed E-state index contributed by atoms with van der Waals surface area (Å²) in [5.74, 6) is 3.21. The van der Waals surface area contributed by atoms with Gasteiger partial charge in [0.1, 0.15) is 5.76 Å². The topological polar surface area (TPSA) is 82.8 Å². The van der Waals surface area contributed by atoms with Crippen molar-refractivity contribution in [1.82, 2.24) is 24.9 Å². The van der Waals surface area contributed by atoms with E-state index in [-0.39, 0.29) is 0 Å². The van der Waals surface area contributed by atoms with Crippen molar-refractivity contribution in [2.45, 2.75) is 24.4 Å². The van der Waals surface area contributed by atoms with Crippen molar-refractivity contribution in [3.8, 4) is 22.8 Å². The summed E-state index contributed by atoms with van der Waals surface area (Å²) >= 11 is 3.09. The van der Waals surface area contributed by atoms with Gasteiger partial charge in [0.15, 0.2) is 11.0 Å². The molecular formula is C17H15N5O2S2. The first kappa shape index (κ1) is 16.8. The molecule has 0 atom stereocenters. The normalized spacial score (nSPS) is 11.1. The second-order valence-corrected chi connectivity index (χ2v) is 7.13. The number of aryl methyl sites for hydroxylation is 1. The summed E-state index contributed by atoms with van der Waals surface area (Å²) < 4.78 is 12.7. The minimum atomic E-state index is 0.511. The average Bonchev–Trinajstić information content (AvgIpc) is 3.41. The molecule has 4 rings (SSSR count). The molecule has 0 radical (unpaired) electrons. The summed E-state index contributed by atoms with van der Waals surface area (Å²) in [5, 5.41) is 17.4. The van der Waals surface area contributed by atoms with Gasteiger partial charge in [-0.1, -0.05) is 23.0 Å². The predicted molar refractivity (Wildman–Crippen MR) is 99.8 cm³/mol. The fourth-order valence-electron chi connectivity index (χ4n) is 2.45. The second-order valence-electron chi connectivity index (χ2n) is 5.41. The number of nitrogens with zero attached hydrogens (tertiary/aromatic N) is 5. The maximum atomic E-state index is 5.38. The zero-order valence-electron chi connectivity index (χ0n) is 14.0. The van der Waals surface area contributed by atoms with Gasteiger partial charge in [-0.3, -0.25) is 4.57 Å². The summed E-state index contributed by atoms with van der Waals surface area (Å²) in [4.78, 5) is 4.43. The molecule has 7 nitrogen and oxygen atoms in total. The minimum absolute atomic E-state index is 0.511. The van der Waals surface area contributed by atoms with Crippen molar-refractivity contribution in [3.05, 3.63) is 53.5 Å². The molecule has 0 unspecified atom stereocenters. The van der Waals surface area contributed by atoms with Gasteiger partial charge in [-0.2, -0.15) is 16.3 Å². The fraction of sp³-hybridized carbons (Fsp3) is 0.176. The van der Waals surface area contributed by atoms with Crippen LogP contribution in [0.5, 0.6) is 0 Å². The molecule has 4 aromatic heterocycles. The second kappa shape index (κ2) is 7.30. The maximum absolute atomic E-state index is 5.38. The number of thiophene rings is 1. The first-order valence-electron chi connectivity index (χ1n) is 7.82. The third-order valence-electron chi connectivity index (χ3n) is 3.70. The Morgan fingerprint density at radius 3 is 3.00 bits per heavy atom. The van der Waals surface area contributed by atoms with Gasteiger partial charge in [0, 0.05) is 17.5 Å². The van der Waals surface area contributed by atoms with Crippen LogP contribution < -0.4 is 0 Å². The first-order chi connectivity index (χ1) is 12.8. The molecule has 132 valence electrons. The van der Waals surface area contributed by atoms with E-state index >= 15 is 0 Å². The van der Waals surface area contributed by atoms with Crippen molar-refractivity contribution < 1.29 is 8.94 Å². The summed E-state index contributed by atoms with van der Waals surface area (Å²) in [5.41, 5.74) is 1.88. The zero-order chi connectivity index (χ0) is 17.9. The molecule has 0 fully saturated rings. The van der Waals surface area contributed by atoms with Crippen LogP contribution in [0.4, 0.5) is 0 Å². The van der Waals surface area contributed by atoms with Crippen LogP contribution in [0.1, 0.15) is 11.7 Å². The molecule has 0 spiro atoms. The van der Waals surface area contributed by atoms with Gasteiger partial charge >= 0.3 is 0 Å². The lowest BCUT2D eigenvalue weighted by Crippen LogP contribution is -2.00. The summed E-state index contributed by atoms with van der Waals surface area (Å²) in [6.45, 7) is 6.32. The molecule has 0 amide bonds. The highest BCUT2D eigenvalue weighted by molar-refractivity contribution is 7.98. The number of aromatic nitrogens is 5. The first-order valence-corrected chi connectivity index (χ1v) is 9.75. The highest BCUT2D eigenvalue weighted by atomic mass is 32.2. The van der Waals surface area contributed by atoms with Crippen LogP contribution >= 0.6 is 23.1 Å². The van der Waals surface area contributed by atoms with Crippen LogP contribution in [-0.4, -0.2) is 24.9 Å². The van der Waals surface area contributed by atoms with E-state index in [1.54, 1.807) is 17.6 Å². The predicted octanol–water partition coefficient (Wildman–Crippen LogP) is 4.44. The van der Waals surface area contributed by atoms with Gasteiger partial charge in [0.25, 0.3) is 0 Å². The van der Waals surface area contributed by atoms with Crippen molar-refractivity contribution in [2.75, 3.05) is 0 Å². The highest BCUT2D eigenvalue weighted by Crippen LogP contribution is 2.29. The SMILES string of the molecule is C=CCn1c(SCc2nc(-c3ccsc3)no2)nnc1-c1ccoc1C. The van der Waals surface area contributed by atoms with Crippen LogP contribution in [0.25, 0.3) is 22.8 Å². The standard InChI is InChI=1S/C17H15N5O2S2/c1-3-6-22-16(13-4-7-23-11(13)2)19-20-17(22)26-10-14-18-15(21-24-14)12-5-8-25-9-12/h3-5,7-9H,1,6,10H2,2H3. The Hall–Kier alpha value is -2.65. The van der Waals surface area contributed by atoms with E-state index in [0.29, 0.717) is 24.0 Å². The number of allylic oxidation sites excluding steroid dienone is 1. The van der Waals surface area contributed by atoms with Crippen molar-refractivity contribution >= 4 is 23.1 Å². The van der Waals surface area contributed by atoms with Crippen LogP contribution in [0.2, 0.25) is 0 Å². The Labute approximate surface area is 157 Å². The number of hydrogen-bond acceptors (Lipinski definition) is 8. The Morgan fingerprint density at radius 2 is 2.27 bits per heavy atom. The van der Waals surface area contributed by atoms with Gasteiger partial charge in [-0.05, 0) is 24.4 Å². The zero-order valence-corrected chi connectivity index (χ0v) is 15.6. The van der Waals surface area contributed by atoms with Crippen LogP contribution in [-0.2, 0) is 12.3 Å². The third kappa shape index (κ3) is 3.23. The Kier molecular flexibility index (Phi) is 4.72. The number of furan rings is 1. The molecule has 0 saturated carbocycles. The molecular weight excluding hydrogens is 370 g/mol. The molecule has 9 heteroatoms. The lowest BCUT2D eigenvalue weighted by Gasteiger charge is -2.06. The molecule has 0 aliphatic heterocycles. The van der Waals surface area contributed by atoms with E-state index in [9.17, 15) is 0 Å². The lowest BCUT2D eigenvalue weighted by molar-refractivity contribution is 0.391. The molecule has 0 aliphatic rings. The minimum Gasteiger partial charge on any atom is -0.469 e. The van der Waals surface area contributed by atoms with Crippen LogP contribution in [0.3, 0.4) is 0 Å². The molecule has 0 bridgehead atoms.